The van der Waals surface area contributed by atoms with E-state index in [0.717, 1.165) is 12.1 Å². The van der Waals surface area contributed by atoms with E-state index < -0.39 is 46.8 Å². The highest BCUT2D eigenvalue weighted by Crippen LogP contribution is 2.42. The van der Waals surface area contributed by atoms with Gasteiger partial charge in [0, 0.05) is 44.7 Å². The van der Waals surface area contributed by atoms with Crippen molar-refractivity contribution in [1.29, 1.82) is 0 Å². The van der Waals surface area contributed by atoms with E-state index in [1.54, 1.807) is 0 Å². The summed E-state index contributed by atoms with van der Waals surface area (Å²) in [6, 6.07) is 8.24. The van der Waals surface area contributed by atoms with Crippen LogP contribution in [0.25, 0.3) is 11.3 Å². The molecule has 0 saturated heterocycles. The molecule has 2 amide bonds. The smallest absolute Gasteiger partial charge is 0.368 e. The third-order valence-corrected chi connectivity index (χ3v) is 6.31. The first kappa shape index (κ1) is 26.0. The van der Waals surface area contributed by atoms with Crippen LogP contribution in [0.1, 0.15) is 43.4 Å². The number of hydrogen-bond acceptors (Lipinski definition) is 5. The fourth-order valence-corrected chi connectivity index (χ4v) is 4.49. The minimum atomic E-state index is -4.90. The molecule has 1 atom stereocenters. The Morgan fingerprint density at radius 2 is 1.79 bits per heavy atom. The molecule has 13 heteroatoms. The van der Waals surface area contributed by atoms with Crippen LogP contribution in [0, 0.1) is 11.6 Å². The highest BCUT2D eigenvalue weighted by molar-refractivity contribution is 6.31. The molecule has 1 aromatic heterocycles. The van der Waals surface area contributed by atoms with Gasteiger partial charge < -0.3 is 16.4 Å². The van der Waals surface area contributed by atoms with Crippen LogP contribution < -0.4 is 16.4 Å². The van der Waals surface area contributed by atoms with Gasteiger partial charge in [-0.05, 0) is 54.6 Å². The van der Waals surface area contributed by atoms with Crippen molar-refractivity contribution in [3.8, 4) is 11.3 Å². The number of carbonyl (C=O) groups excluding carboxylic acids is 2. The van der Waals surface area contributed by atoms with E-state index in [-0.39, 0.29) is 45.1 Å². The largest absolute Gasteiger partial charge is 0.416 e. The number of nitrogen functional groups attached to an aromatic ring is 1. The summed E-state index contributed by atoms with van der Waals surface area (Å²) in [5.41, 5.74) is 4.62. The van der Waals surface area contributed by atoms with Crippen molar-refractivity contribution >= 4 is 35.1 Å². The molecule has 0 spiro atoms. The maximum absolute atomic E-state index is 14.1. The van der Waals surface area contributed by atoms with Gasteiger partial charge in [0.05, 0.1) is 17.3 Å². The molecule has 39 heavy (non-hydrogen) atoms. The van der Waals surface area contributed by atoms with Gasteiger partial charge in [0.25, 0.3) is 11.8 Å². The van der Waals surface area contributed by atoms with Gasteiger partial charge in [-0.3, -0.25) is 9.59 Å². The van der Waals surface area contributed by atoms with Gasteiger partial charge >= 0.3 is 6.18 Å². The Morgan fingerprint density at radius 1 is 1.03 bits per heavy atom. The summed E-state index contributed by atoms with van der Waals surface area (Å²) in [7, 11) is 0. The van der Waals surface area contributed by atoms with E-state index in [1.165, 1.54) is 30.5 Å². The molecule has 198 valence electrons. The van der Waals surface area contributed by atoms with E-state index in [2.05, 4.69) is 20.6 Å². The fourth-order valence-electron chi connectivity index (χ4n) is 4.27. The molecule has 3 aromatic carbocycles. The number of rotatable bonds is 4. The summed E-state index contributed by atoms with van der Waals surface area (Å²) < 4.78 is 67.8. The number of carbonyl (C=O) groups is 2. The van der Waals surface area contributed by atoms with E-state index in [1.807, 2.05) is 0 Å². The Labute approximate surface area is 221 Å². The zero-order chi connectivity index (χ0) is 28.1. The minimum Gasteiger partial charge on any atom is -0.368 e. The van der Waals surface area contributed by atoms with Crippen LogP contribution in [-0.2, 0) is 6.18 Å². The van der Waals surface area contributed by atoms with Crippen LogP contribution in [0.4, 0.5) is 33.6 Å². The first-order valence-electron chi connectivity index (χ1n) is 11.1. The summed E-state index contributed by atoms with van der Waals surface area (Å²) in [6.45, 7) is 0. The second kappa shape index (κ2) is 9.62. The van der Waals surface area contributed by atoms with Gasteiger partial charge in [0.2, 0.25) is 5.95 Å². The van der Waals surface area contributed by atoms with Crippen molar-refractivity contribution in [2.75, 3.05) is 11.1 Å². The van der Waals surface area contributed by atoms with Crippen molar-refractivity contribution in [2.24, 2.45) is 0 Å². The predicted octanol–water partition coefficient (Wildman–Crippen LogP) is 5.76. The number of benzene rings is 3. The molecule has 0 fully saturated rings. The number of amides is 2. The number of nitrogens with zero attached hydrogens (tertiary/aromatic N) is 2. The molecule has 0 bridgehead atoms. The van der Waals surface area contributed by atoms with Crippen LogP contribution in [0.2, 0.25) is 5.02 Å². The van der Waals surface area contributed by atoms with Crippen molar-refractivity contribution < 1.29 is 31.5 Å². The lowest BCUT2D eigenvalue weighted by atomic mass is 9.93. The zero-order valence-corrected chi connectivity index (χ0v) is 20.2. The molecule has 0 saturated carbocycles. The maximum atomic E-state index is 14.1. The average molecular weight is 560 g/mol. The molecule has 1 aliphatic heterocycles. The number of halogens is 6. The van der Waals surface area contributed by atoms with Gasteiger partial charge in [-0.2, -0.15) is 13.2 Å². The minimum absolute atomic E-state index is 0.0359. The molecular weight excluding hydrogens is 545 g/mol. The van der Waals surface area contributed by atoms with E-state index in [0.29, 0.717) is 17.7 Å². The third-order valence-electron chi connectivity index (χ3n) is 5.96. The quantitative estimate of drug-likeness (QED) is 0.275. The second-order valence-electron chi connectivity index (χ2n) is 8.54. The zero-order valence-electron chi connectivity index (χ0n) is 19.4. The first-order valence-corrected chi connectivity index (χ1v) is 11.5. The molecule has 4 N–H and O–H groups in total. The van der Waals surface area contributed by atoms with E-state index in [9.17, 15) is 31.5 Å². The van der Waals surface area contributed by atoms with Gasteiger partial charge in [-0.25, -0.2) is 18.7 Å². The van der Waals surface area contributed by atoms with Crippen molar-refractivity contribution in [2.45, 2.75) is 12.2 Å². The second-order valence-corrected chi connectivity index (χ2v) is 8.95. The van der Waals surface area contributed by atoms with Gasteiger partial charge in [0.15, 0.2) is 0 Å². The first-order chi connectivity index (χ1) is 18.4. The highest BCUT2D eigenvalue weighted by Gasteiger charge is 2.36. The van der Waals surface area contributed by atoms with Crippen LogP contribution in [-0.4, -0.2) is 21.8 Å². The van der Waals surface area contributed by atoms with Crippen molar-refractivity contribution in [3.05, 3.63) is 105 Å². The lowest BCUT2D eigenvalue weighted by Crippen LogP contribution is -2.21. The standard InChI is InChI=1S/C26H15ClF5N5O2/c27-18-2-1-14(28)10-16(18)22-21-17(24(39)37-22)7-11(19-3-4-34-25(33)36-19)8-20(21)35-23(38)12-5-13(26(30,31)32)9-15(29)6-12/h1-10,22H,(H,35,38)(H,37,39)(H2,33,34,36). The topological polar surface area (TPSA) is 110 Å². The molecule has 7 nitrogen and oxygen atoms in total. The highest BCUT2D eigenvalue weighted by atomic mass is 35.5. The molecule has 2 heterocycles. The molecule has 5 rings (SSSR count). The van der Waals surface area contributed by atoms with Crippen LogP contribution >= 0.6 is 11.6 Å². The number of aromatic nitrogens is 2. The Bertz CT molecular complexity index is 1660. The summed E-state index contributed by atoms with van der Waals surface area (Å²) >= 11 is 6.28. The number of fused-ring (bicyclic) bond motifs is 1. The third kappa shape index (κ3) is 5.10. The Morgan fingerprint density at radius 3 is 2.51 bits per heavy atom. The molecule has 0 aliphatic carbocycles. The van der Waals surface area contributed by atoms with Gasteiger partial charge in [-0.1, -0.05) is 11.6 Å². The van der Waals surface area contributed by atoms with Gasteiger partial charge in [-0.15, -0.1) is 0 Å². The average Bonchev–Trinajstić information content (AvgIpc) is 3.21. The summed E-state index contributed by atoms with van der Waals surface area (Å²) in [5, 5.41) is 5.26. The molecule has 1 aliphatic rings. The Kier molecular flexibility index (Phi) is 6.43. The van der Waals surface area contributed by atoms with Crippen LogP contribution in [0.5, 0.6) is 0 Å². The molecular formula is C26H15ClF5N5O2. The number of hydrogen-bond donors (Lipinski definition) is 3. The SMILES string of the molecule is Nc1nccc(-c2cc(NC(=O)c3cc(F)cc(C(F)(F)F)c3)c3c(c2)C(=O)NC3c2cc(F)ccc2Cl)n1. The van der Waals surface area contributed by atoms with E-state index in [4.69, 9.17) is 17.3 Å². The maximum Gasteiger partial charge on any atom is 0.416 e. The van der Waals surface area contributed by atoms with Crippen molar-refractivity contribution in [3.63, 3.8) is 0 Å². The normalized spacial score (nSPS) is 14.6. The molecule has 4 aromatic rings. The van der Waals surface area contributed by atoms with Crippen LogP contribution in [0.3, 0.4) is 0 Å². The number of alkyl halides is 3. The lowest BCUT2D eigenvalue weighted by Gasteiger charge is -2.19. The Balaban J connectivity index is 1.67. The summed E-state index contributed by atoms with van der Waals surface area (Å²) in [6.07, 6.45) is -3.54. The van der Waals surface area contributed by atoms with Crippen molar-refractivity contribution in [1.82, 2.24) is 15.3 Å². The summed E-state index contributed by atoms with van der Waals surface area (Å²) in [4.78, 5) is 34.0. The molecule has 1 unspecified atom stereocenters. The number of anilines is 2. The van der Waals surface area contributed by atoms with Gasteiger partial charge in [0.1, 0.15) is 11.6 Å². The molecule has 0 radical (unpaired) electrons. The summed E-state index contributed by atoms with van der Waals surface area (Å²) in [5.74, 6) is -3.68. The van der Waals surface area contributed by atoms with E-state index >= 15 is 0 Å². The fraction of sp³-hybridized carbons (Fsp3) is 0.0769. The Hall–Kier alpha value is -4.58. The van der Waals surface area contributed by atoms with Crippen LogP contribution in [0.15, 0.2) is 60.8 Å². The predicted molar refractivity (Wildman–Crippen MR) is 132 cm³/mol. The number of nitrogens with one attached hydrogen (secondary N) is 2. The number of nitrogens with two attached hydrogens (primary N) is 1. The lowest BCUT2D eigenvalue weighted by molar-refractivity contribution is -0.137. The monoisotopic (exact) mass is 559 g/mol.